The summed E-state index contributed by atoms with van der Waals surface area (Å²) in [5.41, 5.74) is 1.38. The molecule has 1 nitrogen and oxygen atoms in total. The van der Waals surface area contributed by atoms with E-state index in [1.165, 1.54) is 10.5 Å². The molecule has 2 heteroatoms. The molecule has 0 saturated heterocycles. The quantitative estimate of drug-likeness (QED) is 0.587. The molecule has 0 heterocycles. The van der Waals surface area contributed by atoms with E-state index in [1.807, 2.05) is 11.8 Å². The van der Waals surface area contributed by atoms with E-state index >= 15 is 0 Å². The molecule has 100 valence electrons. The average molecular weight is 271 g/mol. The van der Waals surface area contributed by atoms with Crippen molar-refractivity contribution in [1.29, 1.82) is 0 Å². The summed E-state index contributed by atoms with van der Waals surface area (Å²) in [6.45, 7) is 3.27. The fourth-order valence-electron chi connectivity index (χ4n) is 2.10. The Hall–Kier alpha value is -1.25. The summed E-state index contributed by atoms with van der Waals surface area (Å²) in [6, 6.07) is 21.7. The highest BCUT2D eigenvalue weighted by atomic mass is 32.2. The van der Waals surface area contributed by atoms with Crippen LogP contribution in [-0.4, -0.2) is 12.3 Å². The molecule has 0 aliphatic heterocycles. The molecule has 0 spiro atoms. The molecular weight excluding hydrogens is 250 g/mol. The van der Waals surface area contributed by atoms with Crippen LogP contribution in [0.5, 0.6) is 0 Å². The number of thioether (sulfide) groups is 1. The van der Waals surface area contributed by atoms with E-state index in [1.54, 1.807) is 0 Å². The lowest BCUT2D eigenvalue weighted by Gasteiger charge is -2.17. The Labute approximate surface area is 120 Å². The number of benzene rings is 2. The van der Waals surface area contributed by atoms with Gasteiger partial charge < -0.3 is 5.32 Å². The van der Waals surface area contributed by atoms with Crippen LogP contribution in [0.15, 0.2) is 65.6 Å². The van der Waals surface area contributed by atoms with Crippen LogP contribution in [0.2, 0.25) is 0 Å². The van der Waals surface area contributed by atoms with Crippen molar-refractivity contribution >= 4 is 11.8 Å². The van der Waals surface area contributed by atoms with Crippen LogP contribution in [-0.2, 0) is 0 Å². The third-order valence-electron chi connectivity index (χ3n) is 3.11. The van der Waals surface area contributed by atoms with Gasteiger partial charge in [0.2, 0.25) is 0 Å². The van der Waals surface area contributed by atoms with Crippen LogP contribution < -0.4 is 5.32 Å². The Morgan fingerprint density at radius 1 is 0.947 bits per heavy atom. The first kappa shape index (κ1) is 14.2. The van der Waals surface area contributed by atoms with E-state index in [9.17, 15) is 0 Å². The van der Waals surface area contributed by atoms with Crippen molar-refractivity contribution in [2.45, 2.75) is 24.3 Å². The Kier molecular flexibility index (Phi) is 5.99. The van der Waals surface area contributed by atoms with E-state index in [4.69, 9.17) is 0 Å². The molecule has 0 aromatic heterocycles. The fraction of sp³-hybridized carbons (Fsp3) is 0.294. The summed E-state index contributed by atoms with van der Waals surface area (Å²) in [4.78, 5) is 1.34. The number of nitrogens with one attached hydrogen (secondary N) is 1. The summed E-state index contributed by atoms with van der Waals surface area (Å²) in [7, 11) is 0. The van der Waals surface area contributed by atoms with Crippen LogP contribution in [0.4, 0.5) is 0 Å². The van der Waals surface area contributed by atoms with Gasteiger partial charge >= 0.3 is 0 Å². The van der Waals surface area contributed by atoms with Crippen molar-refractivity contribution < 1.29 is 0 Å². The smallest absolute Gasteiger partial charge is 0.0317 e. The zero-order valence-electron chi connectivity index (χ0n) is 11.4. The molecule has 2 rings (SSSR count). The van der Waals surface area contributed by atoms with Crippen molar-refractivity contribution in [3.05, 3.63) is 66.2 Å². The fourth-order valence-corrected chi connectivity index (χ4v) is 2.91. The standard InChI is InChI=1S/C17H21NS/c1-2-17(15-9-5-3-6-10-15)18-13-14-19-16-11-7-4-8-12-16/h3-12,17-18H,2,13-14H2,1H3. The van der Waals surface area contributed by atoms with Crippen molar-refractivity contribution in [2.75, 3.05) is 12.3 Å². The van der Waals surface area contributed by atoms with Gasteiger partial charge in [-0.25, -0.2) is 0 Å². The van der Waals surface area contributed by atoms with Crippen LogP contribution >= 0.6 is 11.8 Å². The summed E-state index contributed by atoms with van der Waals surface area (Å²) in [5.74, 6) is 1.10. The third kappa shape index (κ3) is 4.73. The molecule has 0 fully saturated rings. The van der Waals surface area contributed by atoms with Crippen LogP contribution in [0.25, 0.3) is 0 Å². The molecular formula is C17H21NS. The molecule has 0 bridgehead atoms. The van der Waals surface area contributed by atoms with Gasteiger partial charge in [-0.2, -0.15) is 0 Å². The van der Waals surface area contributed by atoms with Crippen LogP contribution in [0, 0.1) is 0 Å². The van der Waals surface area contributed by atoms with Gasteiger partial charge in [-0.15, -0.1) is 11.8 Å². The van der Waals surface area contributed by atoms with Gasteiger partial charge in [0.05, 0.1) is 0 Å². The zero-order valence-corrected chi connectivity index (χ0v) is 12.2. The molecule has 0 saturated carbocycles. The minimum absolute atomic E-state index is 0.470. The summed E-state index contributed by atoms with van der Waals surface area (Å²) in [5, 5.41) is 3.64. The lowest BCUT2D eigenvalue weighted by Crippen LogP contribution is -2.23. The second-order valence-electron chi connectivity index (χ2n) is 4.49. The normalized spacial score (nSPS) is 12.3. The molecule has 0 aliphatic rings. The van der Waals surface area contributed by atoms with Crippen LogP contribution in [0.3, 0.4) is 0 Å². The first-order chi connectivity index (χ1) is 9.40. The second-order valence-corrected chi connectivity index (χ2v) is 5.66. The van der Waals surface area contributed by atoms with Gasteiger partial charge in [0, 0.05) is 23.2 Å². The molecule has 0 radical (unpaired) electrons. The highest BCUT2D eigenvalue weighted by Gasteiger charge is 2.06. The second kappa shape index (κ2) is 8.03. The summed E-state index contributed by atoms with van der Waals surface area (Å²) in [6.07, 6.45) is 1.13. The lowest BCUT2D eigenvalue weighted by molar-refractivity contribution is 0.540. The van der Waals surface area contributed by atoms with Crippen molar-refractivity contribution in [3.63, 3.8) is 0 Å². The van der Waals surface area contributed by atoms with Crippen molar-refractivity contribution in [1.82, 2.24) is 5.32 Å². The van der Waals surface area contributed by atoms with Gasteiger partial charge in [-0.3, -0.25) is 0 Å². The molecule has 2 aromatic carbocycles. The number of rotatable bonds is 7. The van der Waals surface area contributed by atoms with E-state index in [2.05, 4.69) is 72.9 Å². The Balaban J connectivity index is 1.75. The number of hydrogen-bond donors (Lipinski definition) is 1. The van der Waals surface area contributed by atoms with Crippen LogP contribution in [0.1, 0.15) is 24.9 Å². The maximum Gasteiger partial charge on any atom is 0.0317 e. The van der Waals surface area contributed by atoms with E-state index < -0.39 is 0 Å². The third-order valence-corrected chi connectivity index (χ3v) is 4.13. The van der Waals surface area contributed by atoms with Crippen molar-refractivity contribution in [2.24, 2.45) is 0 Å². The van der Waals surface area contributed by atoms with E-state index in [0.717, 1.165) is 18.7 Å². The highest BCUT2D eigenvalue weighted by molar-refractivity contribution is 7.99. The number of hydrogen-bond acceptors (Lipinski definition) is 2. The molecule has 2 aromatic rings. The average Bonchev–Trinajstić information content (AvgIpc) is 2.49. The Bertz CT molecular complexity index is 455. The highest BCUT2D eigenvalue weighted by Crippen LogP contribution is 2.18. The lowest BCUT2D eigenvalue weighted by atomic mass is 10.1. The predicted molar refractivity (Wildman–Crippen MR) is 84.6 cm³/mol. The molecule has 0 amide bonds. The van der Waals surface area contributed by atoms with E-state index in [-0.39, 0.29) is 0 Å². The van der Waals surface area contributed by atoms with Gasteiger partial charge in [0.15, 0.2) is 0 Å². The SMILES string of the molecule is CCC(NCCSc1ccccc1)c1ccccc1. The van der Waals surface area contributed by atoms with Gasteiger partial charge in [-0.05, 0) is 24.1 Å². The largest absolute Gasteiger partial charge is 0.309 e. The van der Waals surface area contributed by atoms with Gasteiger partial charge in [0.1, 0.15) is 0 Å². The van der Waals surface area contributed by atoms with E-state index in [0.29, 0.717) is 6.04 Å². The minimum atomic E-state index is 0.470. The maximum atomic E-state index is 3.64. The Morgan fingerprint density at radius 3 is 2.21 bits per heavy atom. The molecule has 0 aliphatic carbocycles. The predicted octanol–water partition coefficient (Wildman–Crippen LogP) is 4.52. The molecule has 1 N–H and O–H groups in total. The first-order valence-electron chi connectivity index (χ1n) is 6.86. The summed E-state index contributed by atoms with van der Waals surface area (Å²) < 4.78 is 0. The van der Waals surface area contributed by atoms with Gasteiger partial charge in [0.25, 0.3) is 0 Å². The zero-order chi connectivity index (χ0) is 13.3. The first-order valence-corrected chi connectivity index (χ1v) is 7.85. The van der Waals surface area contributed by atoms with Gasteiger partial charge in [-0.1, -0.05) is 55.5 Å². The van der Waals surface area contributed by atoms with Crippen molar-refractivity contribution in [3.8, 4) is 0 Å². The molecule has 19 heavy (non-hydrogen) atoms. The maximum absolute atomic E-state index is 3.64. The molecule has 1 unspecified atom stereocenters. The summed E-state index contributed by atoms with van der Waals surface area (Å²) >= 11 is 1.91. The minimum Gasteiger partial charge on any atom is -0.309 e. The molecule has 1 atom stereocenters. The topological polar surface area (TPSA) is 12.0 Å². The Morgan fingerprint density at radius 2 is 1.58 bits per heavy atom. The monoisotopic (exact) mass is 271 g/mol.